The van der Waals surface area contributed by atoms with Crippen molar-refractivity contribution in [3.05, 3.63) is 71.4 Å². The maximum atomic E-state index is 11.9. The molecule has 0 atom stereocenters. The van der Waals surface area contributed by atoms with Crippen molar-refractivity contribution in [1.82, 2.24) is 0 Å². The number of esters is 1. The van der Waals surface area contributed by atoms with Gasteiger partial charge in [-0.25, -0.2) is 4.99 Å². The van der Waals surface area contributed by atoms with Crippen LogP contribution in [0.2, 0.25) is 0 Å². The highest BCUT2D eigenvalue weighted by molar-refractivity contribution is 8.13. The first-order valence-corrected chi connectivity index (χ1v) is 9.62. The first kappa shape index (κ1) is 18.3. The van der Waals surface area contributed by atoms with E-state index in [1.54, 1.807) is 11.8 Å². The van der Waals surface area contributed by atoms with E-state index in [0.29, 0.717) is 6.61 Å². The smallest absolute Gasteiger partial charge is 0.311 e. The van der Waals surface area contributed by atoms with Crippen molar-refractivity contribution >= 4 is 34.1 Å². The molecule has 0 fully saturated rings. The van der Waals surface area contributed by atoms with Gasteiger partial charge in [0.05, 0.1) is 29.4 Å². The summed E-state index contributed by atoms with van der Waals surface area (Å²) in [5.41, 5.74) is 5.06. The molecule has 26 heavy (non-hydrogen) atoms. The van der Waals surface area contributed by atoms with Crippen molar-refractivity contribution in [2.24, 2.45) is 4.99 Å². The van der Waals surface area contributed by atoms with Gasteiger partial charge in [0.15, 0.2) is 0 Å². The average molecular weight is 366 g/mol. The van der Waals surface area contributed by atoms with Gasteiger partial charge in [0.25, 0.3) is 0 Å². The highest BCUT2D eigenvalue weighted by Gasteiger charge is 2.14. The highest BCUT2D eigenvalue weighted by Crippen LogP contribution is 2.31. The molecule has 134 valence electrons. The van der Waals surface area contributed by atoms with Crippen molar-refractivity contribution in [2.45, 2.75) is 26.0 Å². The summed E-state index contributed by atoms with van der Waals surface area (Å²) in [6.07, 6.45) is 2.14. The highest BCUT2D eigenvalue weighted by atomic mass is 32.2. The Morgan fingerprint density at radius 3 is 2.85 bits per heavy atom. The number of ether oxygens (including phenoxy) is 1. The van der Waals surface area contributed by atoms with E-state index in [0.717, 1.165) is 27.9 Å². The van der Waals surface area contributed by atoms with Crippen LogP contribution in [0.5, 0.6) is 0 Å². The van der Waals surface area contributed by atoms with Gasteiger partial charge in [-0.3, -0.25) is 4.79 Å². The molecule has 0 bridgehead atoms. The molecule has 2 aromatic carbocycles. The van der Waals surface area contributed by atoms with Crippen molar-refractivity contribution in [3.63, 3.8) is 0 Å². The first-order valence-electron chi connectivity index (χ1n) is 8.63. The number of benzene rings is 2. The van der Waals surface area contributed by atoms with Crippen LogP contribution < -0.4 is 5.32 Å². The number of rotatable bonds is 5. The lowest BCUT2D eigenvalue weighted by Gasteiger charge is -2.10. The minimum Gasteiger partial charge on any atom is -0.466 e. The summed E-state index contributed by atoms with van der Waals surface area (Å²) in [5.74, 6) is 0.583. The van der Waals surface area contributed by atoms with Crippen LogP contribution in [0.15, 0.2) is 65.3 Å². The van der Waals surface area contributed by atoms with E-state index in [2.05, 4.69) is 36.5 Å². The van der Waals surface area contributed by atoms with Crippen LogP contribution >= 0.6 is 11.8 Å². The number of anilines is 1. The molecule has 3 rings (SSSR count). The van der Waals surface area contributed by atoms with Crippen LogP contribution in [-0.4, -0.2) is 17.6 Å². The molecular weight excluding hydrogens is 344 g/mol. The summed E-state index contributed by atoms with van der Waals surface area (Å²) in [5, 5.41) is 4.20. The van der Waals surface area contributed by atoms with E-state index in [1.165, 1.54) is 11.1 Å². The van der Waals surface area contributed by atoms with Crippen LogP contribution in [0.1, 0.15) is 24.5 Å². The Morgan fingerprint density at radius 2 is 2.04 bits per heavy atom. The van der Waals surface area contributed by atoms with Gasteiger partial charge >= 0.3 is 5.97 Å². The van der Waals surface area contributed by atoms with Crippen molar-refractivity contribution < 1.29 is 9.53 Å². The van der Waals surface area contributed by atoms with Gasteiger partial charge in [-0.15, -0.1) is 11.8 Å². The van der Waals surface area contributed by atoms with Crippen LogP contribution in [-0.2, 0) is 15.3 Å². The monoisotopic (exact) mass is 366 g/mol. The molecule has 0 saturated carbocycles. The zero-order valence-corrected chi connectivity index (χ0v) is 15.8. The number of aliphatic imine (C=N–C) groups is 1. The van der Waals surface area contributed by atoms with E-state index in [-0.39, 0.29) is 12.4 Å². The van der Waals surface area contributed by atoms with Gasteiger partial charge in [-0.2, -0.15) is 0 Å². The fourth-order valence-corrected chi connectivity index (χ4v) is 3.56. The fourth-order valence-electron chi connectivity index (χ4n) is 2.68. The van der Waals surface area contributed by atoms with E-state index >= 15 is 0 Å². The molecule has 0 spiro atoms. The normalized spacial score (nSPS) is 13.0. The van der Waals surface area contributed by atoms with Gasteiger partial charge in [0.2, 0.25) is 0 Å². The number of carbonyl (C=O) groups excluding carboxylic acids is 1. The lowest BCUT2D eigenvalue weighted by Crippen LogP contribution is -2.10. The van der Waals surface area contributed by atoms with Gasteiger partial charge in [-0.1, -0.05) is 42.0 Å². The van der Waals surface area contributed by atoms with Gasteiger partial charge in [0, 0.05) is 11.4 Å². The Labute approximate surface area is 158 Å². The summed E-state index contributed by atoms with van der Waals surface area (Å²) in [6, 6.07) is 16.3. The van der Waals surface area contributed by atoms with Gasteiger partial charge < -0.3 is 10.1 Å². The number of hydrogen-bond acceptors (Lipinski definition) is 5. The summed E-state index contributed by atoms with van der Waals surface area (Å²) in [7, 11) is 0. The largest absolute Gasteiger partial charge is 0.466 e. The van der Waals surface area contributed by atoms with Crippen LogP contribution in [0.25, 0.3) is 0 Å². The second kappa shape index (κ2) is 8.72. The fraction of sp³-hybridized carbons (Fsp3) is 0.238. The maximum Gasteiger partial charge on any atom is 0.311 e. The lowest BCUT2D eigenvalue weighted by molar-refractivity contribution is -0.142. The Balaban J connectivity index is 1.82. The molecule has 4 nitrogen and oxygen atoms in total. The molecule has 1 aliphatic heterocycles. The number of nitrogens with zero attached hydrogens (tertiary/aromatic N) is 1. The molecule has 5 heteroatoms. The standard InChI is InChI=1S/C21H22N2O2S/c1-3-25-21(24)13-17-12-20(23-19-10-5-4-9-18(19)22-17)26-14-16-8-6-7-15(2)11-16/h4-12,22H,3,13-14H2,1-2H3. The third-order valence-corrected chi connectivity index (χ3v) is 4.82. The van der Waals surface area contributed by atoms with Crippen molar-refractivity contribution in [3.8, 4) is 0 Å². The van der Waals surface area contributed by atoms with Crippen LogP contribution in [0, 0.1) is 6.92 Å². The van der Waals surface area contributed by atoms with Crippen LogP contribution in [0.4, 0.5) is 11.4 Å². The summed E-state index contributed by atoms with van der Waals surface area (Å²) < 4.78 is 5.08. The first-order chi connectivity index (χ1) is 12.6. The summed E-state index contributed by atoms with van der Waals surface area (Å²) >= 11 is 1.66. The zero-order valence-electron chi connectivity index (χ0n) is 15.0. The quantitative estimate of drug-likeness (QED) is 0.737. The number of carbonyl (C=O) groups is 1. The Bertz CT molecular complexity index is 859. The van der Waals surface area contributed by atoms with Gasteiger partial charge in [-0.05, 0) is 37.6 Å². The van der Waals surface area contributed by atoms with Crippen molar-refractivity contribution in [1.29, 1.82) is 0 Å². The molecule has 1 heterocycles. The molecule has 0 unspecified atom stereocenters. The number of hydrogen-bond donors (Lipinski definition) is 1. The van der Waals surface area contributed by atoms with E-state index < -0.39 is 0 Å². The Kier molecular flexibility index (Phi) is 6.12. The molecule has 0 radical (unpaired) electrons. The topological polar surface area (TPSA) is 50.7 Å². The molecule has 0 aromatic heterocycles. The molecule has 1 aliphatic rings. The summed E-state index contributed by atoms with van der Waals surface area (Å²) in [6.45, 7) is 4.29. The van der Waals surface area contributed by atoms with E-state index in [4.69, 9.17) is 9.73 Å². The lowest BCUT2D eigenvalue weighted by atomic mass is 10.2. The third kappa shape index (κ3) is 4.99. The molecule has 1 N–H and O–H groups in total. The molecule has 2 aromatic rings. The molecular formula is C21H22N2O2S. The van der Waals surface area contributed by atoms with E-state index in [9.17, 15) is 4.79 Å². The minimum absolute atomic E-state index is 0.201. The number of nitrogens with one attached hydrogen (secondary N) is 1. The third-order valence-electron chi connectivity index (χ3n) is 3.84. The van der Waals surface area contributed by atoms with Gasteiger partial charge in [0.1, 0.15) is 0 Å². The number of fused-ring (bicyclic) bond motifs is 1. The zero-order chi connectivity index (χ0) is 18.4. The van der Waals surface area contributed by atoms with Crippen LogP contribution in [0.3, 0.4) is 0 Å². The molecule has 0 saturated heterocycles. The number of para-hydroxylation sites is 2. The summed E-state index contributed by atoms with van der Waals surface area (Å²) in [4.78, 5) is 16.7. The van der Waals surface area contributed by atoms with E-state index in [1.807, 2.05) is 37.3 Å². The predicted octanol–water partition coefficient (Wildman–Crippen LogP) is 5.22. The molecule has 0 amide bonds. The van der Waals surface area contributed by atoms with Crippen molar-refractivity contribution in [2.75, 3.05) is 11.9 Å². The average Bonchev–Trinajstić information content (AvgIpc) is 2.78. The number of aryl methyl sites for hydroxylation is 1. The number of thioether (sulfide) groups is 1. The maximum absolute atomic E-state index is 11.9. The second-order valence-electron chi connectivity index (χ2n) is 6.02. The molecule has 0 aliphatic carbocycles. The SMILES string of the molecule is CCOC(=O)CC1=CC(SCc2cccc(C)c2)=Nc2ccccc2N1. The minimum atomic E-state index is -0.242. The predicted molar refractivity (Wildman–Crippen MR) is 109 cm³/mol. The second-order valence-corrected chi connectivity index (χ2v) is 7.02. The Hall–Kier alpha value is -2.53. The Morgan fingerprint density at radius 1 is 1.19 bits per heavy atom.